The van der Waals surface area contributed by atoms with Gasteiger partial charge in [0.1, 0.15) is 0 Å². The second-order valence-electron chi connectivity index (χ2n) is 7.02. The number of nitrogens with zero attached hydrogens (tertiary/aromatic N) is 3. The van der Waals surface area contributed by atoms with E-state index in [1.807, 2.05) is 11.8 Å². The quantitative estimate of drug-likeness (QED) is 0.264. The van der Waals surface area contributed by atoms with Gasteiger partial charge in [0.15, 0.2) is 5.96 Å². The molecule has 6 nitrogen and oxygen atoms in total. The summed E-state index contributed by atoms with van der Waals surface area (Å²) in [6.07, 6.45) is 5.92. The number of allylic oxidation sites excluding steroid dienone is 2. The molecule has 24 heavy (non-hydrogen) atoms. The zero-order valence-electron chi connectivity index (χ0n) is 13.8. The van der Waals surface area contributed by atoms with Crippen molar-refractivity contribution in [3.05, 3.63) is 12.2 Å². The Morgan fingerprint density at radius 1 is 1.17 bits per heavy atom. The molecule has 3 fully saturated rings. The van der Waals surface area contributed by atoms with Crippen LogP contribution in [0.25, 0.3) is 0 Å². The Labute approximate surface area is 146 Å². The van der Waals surface area contributed by atoms with Gasteiger partial charge in [0, 0.05) is 37.7 Å². The number of imide groups is 1. The molecule has 4 atom stereocenters. The molecule has 2 heterocycles. The van der Waals surface area contributed by atoms with Crippen molar-refractivity contribution in [2.75, 3.05) is 37.7 Å². The van der Waals surface area contributed by atoms with Crippen LogP contribution in [-0.2, 0) is 9.59 Å². The van der Waals surface area contributed by atoms with Crippen molar-refractivity contribution in [1.29, 1.82) is 0 Å². The average molecular weight is 348 g/mol. The molecule has 0 radical (unpaired) electrons. The summed E-state index contributed by atoms with van der Waals surface area (Å²) in [6, 6.07) is 0. The number of thioether (sulfide) groups is 1. The maximum atomic E-state index is 12.6. The highest BCUT2D eigenvalue weighted by Gasteiger charge is 2.58. The van der Waals surface area contributed by atoms with Gasteiger partial charge >= 0.3 is 0 Å². The van der Waals surface area contributed by atoms with Gasteiger partial charge in [-0.3, -0.25) is 19.5 Å². The standard InChI is InChI=1S/C17H24N4O2S/c18-17(20-6-8-24-9-7-20)19-4-1-5-21-15(22)13-11-2-3-12(10-11)14(13)16(21)23/h2-3,11-14H,1,4-10H2,(H2,18,19). The number of nitrogens with two attached hydrogens (primary N) is 1. The van der Waals surface area contributed by atoms with E-state index in [1.54, 1.807) is 0 Å². The van der Waals surface area contributed by atoms with Crippen molar-refractivity contribution in [2.24, 2.45) is 34.4 Å². The second-order valence-corrected chi connectivity index (χ2v) is 8.25. The van der Waals surface area contributed by atoms with Crippen molar-refractivity contribution in [2.45, 2.75) is 12.8 Å². The molecule has 0 aromatic rings. The third kappa shape index (κ3) is 2.62. The minimum Gasteiger partial charge on any atom is -0.370 e. The highest BCUT2D eigenvalue weighted by atomic mass is 32.2. The topological polar surface area (TPSA) is 79.0 Å². The molecule has 7 heteroatoms. The van der Waals surface area contributed by atoms with Crippen molar-refractivity contribution in [3.8, 4) is 0 Å². The van der Waals surface area contributed by atoms with Gasteiger partial charge in [-0.1, -0.05) is 12.2 Å². The maximum absolute atomic E-state index is 12.6. The molecule has 4 unspecified atom stereocenters. The summed E-state index contributed by atoms with van der Waals surface area (Å²) in [6.45, 7) is 2.92. The van der Waals surface area contributed by atoms with Crippen LogP contribution in [0.4, 0.5) is 0 Å². The molecule has 1 saturated carbocycles. The Balaban J connectivity index is 1.29. The number of likely N-dealkylation sites (tertiary alicyclic amines) is 1. The molecule has 2 bridgehead atoms. The van der Waals surface area contributed by atoms with Crippen LogP contribution < -0.4 is 5.73 Å². The zero-order chi connectivity index (χ0) is 16.7. The summed E-state index contributed by atoms with van der Waals surface area (Å²) in [5.41, 5.74) is 6.03. The molecule has 0 aromatic carbocycles. The number of aliphatic imine (C=N–C) groups is 1. The Morgan fingerprint density at radius 2 is 1.79 bits per heavy atom. The van der Waals surface area contributed by atoms with E-state index in [1.165, 1.54) is 4.90 Å². The zero-order valence-corrected chi connectivity index (χ0v) is 14.6. The average Bonchev–Trinajstić information content (AvgIpc) is 3.28. The number of rotatable bonds is 4. The number of hydrogen-bond donors (Lipinski definition) is 1. The number of amides is 2. The van der Waals surface area contributed by atoms with Crippen LogP contribution in [0.15, 0.2) is 17.1 Å². The normalized spacial score (nSPS) is 35.2. The fourth-order valence-electron chi connectivity index (χ4n) is 4.50. The fraction of sp³-hybridized carbons (Fsp3) is 0.706. The Bertz CT molecular complexity index is 569. The van der Waals surface area contributed by atoms with Crippen LogP contribution >= 0.6 is 11.8 Å². The molecule has 2 N–H and O–H groups in total. The minimum absolute atomic E-state index is 0.0341. The maximum Gasteiger partial charge on any atom is 0.233 e. The number of guanidine groups is 1. The molecule has 2 aliphatic carbocycles. The Morgan fingerprint density at radius 3 is 2.42 bits per heavy atom. The molecule has 2 amide bonds. The summed E-state index contributed by atoms with van der Waals surface area (Å²) >= 11 is 1.94. The first-order valence-corrected chi connectivity index (χ1v) is 9.98. The monoisotopic (exact) mass is 348 g/mol. The van der Waals surface area contributed by atoms with Crippen LogP contribution in [0.3, 0.4) is 0 Å². The number of carbonyl (C=O) groups is 2. The van der Waals surface area contributed by atoms with Crippen molar-refractivity contribution in [1.82, 2.24) is 9.80 Å². The van der Waals surface area contributed by atoms with Crippen LogP contribution in [0.5, 0.6) is 0 Å². The van der Waals surface area contributed by atoms with E-state index in [0.29, 0.717) is 25.5 Å². The molecule has 0 aromatic heterocycles. The van der Waals surface area contributed by atoms with Crippen molar-refractivity contribution in [3.63, 3.8) is 0 Å². The van der Waals surface area contributed by atoms with E-state index in [0.717, 1.165) is 31.0 Å². The van der Waals surface area contributed by atoms with Gasteiger partial charge < -0.3 is 10.6 Å². The van der Waals surface area contributed by atoms with E-state index < -0.39 is 0 Å². The van der Waals surface area contributed by atoms with Gasteiger partial charge in [0.25, 0.3) is 0 Å². The summed E-state index contributed by atoms with van der Waals surface area (Å²) in [5.74, 6) is 3.23. The highest BCUT2D eigenvalue weighted by molar-refractivity contribution is 7.99. The third-order valence-corrected chi connectivity index (χ3v) is 6.65. The summed E-state index contributed by atoms with van der Waals surface area (Å²) in [7, 11) is 0. The van der Waals surface area contributed by atoms with E-state index in [4.69, 9.17) is 5.73 Å². The first-order chi connectivity index (χ1) is 11.7. The smallest absolute Gasteiger partial charge is 0.233 e. The van der Waals surface area contributed by atoms with Crippen LogP contribution in [-0.4, -0.2) is 65.3 Å². The largest absolute Gasteiger partial charge is 0.370 e. The van der Waals surface area contributed by atoms with Crippen LogP contribution in [0.2, 0.25) is 0 Å². The number of fused-ring (bicyclic) bond motifs is 5. The Hall–Kier alpha value is -1.50. The Kier molecular flexibility index (Phi) is 4.28. The minimum atomic E-state index is -0.0908. The lowest BCUT2D eigenvalue weighted by Gasteiger charge is -2.27. The lowest BCUT2D eigenvalue weighted by atomic mass is 9.85. The van der Waals surface area contributed by atoms with E-state index in [9.17, 15) is 9.59 Å². The van der Waals surface area contributed by atoms with E-state index >= 15 is 0 Å². The second kappa shape index (κ2) is 6.43. The summed E-state index contributed by atoms with van der Waals surface area (Å²) < 4.78 is 0. The summed E-state index contributed by atoms with van der Waals surface area (Å²) in [5, 5.41) is 0. The van der Waals surface area contributed by atoms with Crippen molar-refractivity contribution < 1.29 is 9.59 Å². The van der Waals surface area contributed by atoms with Gasteiger partial charge in [-0.05, 0) is 24.7 Å². The molecule has 4 rings (SSSR count). The lowest BCUT2D eigenvalue weighted by molar-refractivity contribution is -0.140. The number of hydrogen-bond acceptors (Lipinski definition) is 4. The molecule has 4 aliphatic rings. The molecule has 130 valence electrons. The van der Waals surface area contributed by atoms with Gasteiger partial charge in [0.2, 0.25) is 11.8 Å². The predicted molar refractivity (Wildman–Crippen MR) is 94.4 cm³/mol. The lowest BCUT2D eigenvalue weighted by Crippen LogP contribution is -2.42. The first kappa shape index (κ1) is 16.0. The van der Waals surface area contributed by atoms with Crippen LogP contribution in [0.1, 0.15) is 12.8 Å². The highest BCUT2D eigenvalue weighted by Crippen LogP contribution is 2.52. The van der Waals surface area contributed by atoms with Gasteiger partial charge in [-0.2, -0.15) is 11.8 Å². The molecule has 2 saturated heterocycles. The van der Waals surface area contributed by atoms with E-state index in [-0.39, 0.29) is 35.5 Å². The SMILES string of the molecule is NC(=NCCCN1C(=O)C2C3C=CC(C3)C2C1=O)N1CCSCC1. The van der Waals surface area contributed by atoms with Crippen LogP contribution in [0, 0.1) is 23.7 Å². The number of carbonyl (C=O) groups excluding carboxylic acids is 2. The molecular formula is C17H24N4O2S. The van der Waals surface area contributed by atoms with Gasteiger partial charge in [-0.25, -0.2) is 0 Å². The molecule has 2 aliphatic heterocycles. The molecular weight excluding hydrogens is 324 g/mol. The third-order valence-electron chi connectivity index (χ3n) is 5.71. The van der Waals surface area contributed by atoms with Crippen molar-refractivity contribution >= 4 is 29.5 Å². The van der Waals surface area contributed by atoms with Gasteiger partial charge in [0.05, 0.1) is 11.8 Å². The first-order valence-electron chi connectivity index (χ1n) is 8.83. The molecule has 0 spiro atoms. The predicted octanol–water partition coefficient (Wildman–Crippen LogP) is 0.547. The fourth-order valence-corrected chi connectivity index (χ4v) is 5.40. The van der Waals surface area contributed by atoms with E-state index in [2.05, 4.69) is 22.0 Å². The summed E-state index contributed by atoms with van der Waals surface area (Å²) in [4.78, 5) is 33.1. The van der Waals surface area contributed by atoms with Gasteiger partial charge in [-0.15, -0.1) is 0 Å².